The van der Waals surface area contributed by atoms with Gasteiger partial charge in [-0.25, -0.2) is 0 Å². The van der Waals surface area contributed by atoms with Crippen LogP contribution in [0.5, 0.6) is 23.5 Å². The average molecular weight is 487 g/mol. The summed E-state index contributed by atoms with van der Waals surface area (Å²) in [5.74, 6) is 0.679. The average Bonchev–Trinajstić information content (AvgIpc) is 3.67. The third-order valence-corrected chi connectivity index (χ3v) is 9.96. The number of hydrogen-bond donors (Lipinski definition) is 4. The Balaban J connectivity index is 1.36. The second-order valence-corrected chi connectivity index (χ2v) is 11.7. The molecule has 1 fully saturated rings. The summed E-state index contributed by atoms with van der Waals surface area (Å²) in [6.45, 7) is 7.87. The van der Waals surface area contributed by atoms with Crippen molar-refractivity contribution in [3.05, 3.63) is 71.9 Å². The molecule has 2 heterocycles. The van der Waals surface area contributed by atoms with Crippen molar-refractivity contribution in [3.63, 3.8) is 0 Å². The van der Waals surface area contributed by atoms with Gasteiger partial charge in [0.2, 0.25) is 0 Å². The number of rotatable bonds is 6. The van der Waals surface area contributed by atoms with E-state index >= 15 is 0 Å². The molecule has 2 aromatic rings. The first-order valence-corrected chi connectivity index (χ1v) is 13.3. The van der Waals surface area contributed by atoms with Crippen LogP contribution in [0.1, 0.15) is 97.5 Å². The number of fused-ring (bicyclic) bond motifs is 10. The van der Waals surface area contributed by atoms with Crippen LogP contribution < -0.4 is 0 Å². The minimum absolute atomic E-state index is 0.0896. The predicted molar refractivity (Wildman–Crippen MR) is 138 cm³/mol. The lowest BCUT2D eigenvalue weighted by Gasteiger charge is -2.36. The van der Waals surface area contributed by atoms with Gasteiger partial charge in [0.05, 0.1) is 12.1 Å². The highest BCUT2D eigenvalue weighted by Gasteiger charge is 2.54. The highest BCUT2D eigenvalue weighted by molar-refractivity contribution is 5.64. The van der Waals surface area contributed by atoms with Crippen LogP contribution in [0, 0.1) is 0 Å². The Morgan fingerprint density at radius 2 is 1.14 bits per heavy atom. The zero-order valence-electron chi connectivity index (χ0n) is 20.5. The van der Waals surface area contributed by atoms with E-state index in [-0.39, 0.29) is 58.3 Å². The molecule has 2 aromatic heterocycles. The van der Waals surface area contributed by atoms with Crippen LogP contribution in [0.4, 0.5) is 0 Å². The van der Waals surface area contributed by atoms with Crippen molar-refractivity contribution in [2.24, 2.45) is 0 Å². The monoisotopic (exact) mass is 486 g/mol. The van der Waals surface area contributed by atoms with Crippen LogP contribution in [0.3, 0.4) is 0 Å². The number of nitrogens with zero attached hydrogens (tertiary/aromatic N) is 2. The minimum atomic E-state index is -0.320. The Morgan fingerprint density at radius 1 is 0.722 bits per heavy atom. The van der Waals surface area contributed by atoms with Gasteiger partial charge in [0.25, 0.3) is 0 Å². The third kappa shape index (κ3) is 2.43. The molecular formula is C30H34N2O4. The third-order valence-electron chi connectivity index (χ3n) is 9.96. The van der Waals surface area contributed by atoms with Gasteiger partial charge in [-0.05, 0) is 38.5 Å². The molecule has 0 aliphatic heterocycles. The molecule has 4 N–H and O–H groups in total. The van der Waals surface area contributed by atoms with E-state index in [9.17, 15) is 20.4 Å². The lowest BCUT2D eigenvalue weighted by molar-refractivity contribution is 0.184. The van der Waals surface area contributed by atoms with Crippen molar-refractivity contribution in [1.82, 2.24) is 9.13 Å². The van der Waals surface area contributed by atoms with E-state index in [2.05, 4.69) is 37.5 Å². The molecule has 6 heteroatoms. The van der Waals surface area contributed by atoms with E-state index < -0.39 is 0 Å². The summed E-state index contributed by atoms with van der Waals surface area (Å²) in [6.07, 6.45) is 18.9. The number of allylic oxidation sites excluding steroid dienone is 6. The smallest absolute Gasteiger partial charge is 0.198 e. The topological polar surface area (TPSA) is 90.8 Å². The van der Waals surface area contributed by atoms with E-state index in [1.807, 2.05) is 12.2 Å². The molecule has 7 rings (SSSR count). The molecule has 6 unspecified atom stereocenters. The highest BCUT2D eigenvalue weighted by atomic mass is 16.3. The van der Waals surface area contributed by atoms with Gasteiger partial charge in [-0.2, -0.15) is 0 Å². The molecule has 6 nitrogen and oxygen atoms in total. The van der Waals surface area contributed by atoms with Crippen molar-refractivity contribution < 1.29 is 20.4 Å². The van der Waals surface area contributed by atoms with Crippen molar-refractivity contribution >= 4 is 0 Å². The van der Waals surface area contributed by atoms with Crippen LogP contribution >= 0.6 is 0 Å². The predicted octanol–water partition coefficient (Wildman–Crippen LogP) is 6.21. The summed E-state index contributed by atoms with van der Waals surface area (Å²) in [5, 5.41) is 46.2. The van der Waals surface area contributed by atoms with E-state index in [1.54, 1.807) is 9.13 Å². The van der Waals surface area contributed by atoms with Crippen LogP contribution in [0.2, 0.25) is 0 Å². The van der Waals surface area contributed by atoms with Gasteiger partial charge in [0.15, 0.2) is 23.5 Å². The Labute approximate surface area is 211 Å². The molecular weight excluding hydrogens is 452 g/mol. The van der Waals surface area contributed by atoms with Gasteiger partial charge in [-0.3, -0.25) is 9.13 Å². The molecule has 36 heavy (non-hydrogen) atoms. The van der Waals surface area contributed by atoms with Gasteiger partial charge in [-0.1, -0.05) is 49.3 Å². The minimum Gasteiger partial charge on any atom is -0.494 e. The lowest BCUT2D eigenvalue weighted by Crippen LogP contribution is -2.27. The van der Waals surface area contributed by atoms with E-state index in [4.69, 9.17) is 0 Å². The van der Waals surface area contributed by atoms with Gasteiger partial charge in [-0.15, -0.1) is 13.2 Å². The molecule has 5 aliphatic carbocycles. The Bertz CT molecular complexity index is 1270. The lowest BCUT2D eigenvalue weighted by atomic mass is 9.80. The summed E-state index contributed by atoms with van der Waals surface area (Å²) in [4.78, 5) is 0. The Hall–Kier alpha value is -3.28. The first-order chi connectivity index (χ1) is 17.4. The van der Waals surface area contributed by atoms with Crippen molar-refractivity contribution in [3.8, 4) is 23.5 Å². The normalized spacial score (nSPS) is 34.9. The van der Waals surface area contributed by atoms with E-state index in [0.717, 1.165) is 60.8 Å². The summed E-state index contributed by atoms with van der Waals surface area (Å²) in [6, 6.07) is -0.565. The maximum Gasteiger partial charge on any atom is 0.198 e. The SMILES string of the molecule is C=CCC12C=CC(C1)c1c2c(O)n(C2CCCCC2n2c(O)c3c(c2O)C2(CC=C)C=CC3C2)c1O. The standard InChI is InChI=1S/C30H34N2O4/c1-3-11-29-13-9-17(15-29)21-23(29)27(35)31(25(21)33)19-7-5-6-8-20(19)32-26(34)22-18-10-14-30(16-18,12-4-2)24(22)28(32)36/h3-4,9-10,13-14,17-20,33-36H,1-2,5-8,11-12,15-16H2. The van der Waals surface area contributed by atoms with E-state index in [0.29, 0.717) is 12.8 Å². The molecule has 188 valence electrons. The Kier molecular flexibility index (Phi) is 4.36. The molecule has 0 saturated heterocycles. The van der Waals surface area contributed by atoms with Gasteiger partial charge in [0, 0.05) is 44.9 Å². The maximum absolute atomic E-state index is 11.6. The van der Waals surface area contributed by atoms with Crippen LogP contribution in [-0.2, 0) is 10.8 Å². The first-order valence-electron chi connectivity index (χ1n) is 13.3. The molecule has 5 aliphatic rings. The fraction of sp³-hybridized carbons (Fsp3) is 0.467. The fourth-order valence-corrected chi connectivity index (χ4v) is 8.62. The summed E-state index contributed by atoms with van der Waals surface area (Å²) >= 11 is 0. The van der Waals surface area contributed by atoms with Gasteiger partial charge >= 0.3 is 0 Å². The molecule has 0 aromatic carbocycles. The van der Waals surface area contributed by atoms with Crippen LogP contribution in [0.25, 0.3) is 0 Å². The molecule has 4 bridgehead atoms. The van der Waals surface area contributed by atoms with Crippen molar-refractivity contribution in [1.29, 1.82) is 0 Å². The first kappa shape index (κ1) is 22.0. The largest absolute Gasteiger partial charge is 0.494 e. The number of hydrogen-bond acceptors (Lipinski definition) is 4. The molecule has 6 atom stereocenters. The second kappa shape index (κ2) is 7.15. The van der Waals surface area contributed by atoms with Gasteiger partial charge < -0.3 is 20.4 Å². The van der Waals surface area contributed by atoms with Gasteiger partial charge in [0.1, 0.15) is 0 Å². The molecule has 1 saturated carbocycles. The number of aromatic hydroxyl groups is 4. The maximum atomic E-state index is 11.6. The second-order valence-electron chi connectivity index (χ2n) is 11.7. The zero-order chi connectivity index (χ0) is 25.0. The summed E-state index contributed by atoms with van der Waals surface area (Å²) in [7, 11) is 0. The molecule has 0 spiro atoms. The summed E-state index contributed by atoms with van der Waals surface area (Å²) < 4.78 is 3.39. The van der Waals surface area contributed by atoms with E-state index in [1.165, 1.54) is 0 Å². The molecule has 0 radical (unpaired) electrons. The Morgan fingerprint density at radius 3 is 1.53 bits per heavy atom. The quantitative estimate of drug-likeness (QED) is 0.365. The van der Waals surface area contributed by atoms with Crippen molar-refractivity contribution in [2.75, 3.05) is 0 Å². The van der Waals surface area contributed by atoms with Crippen LogP contribution in [-0.4, -0.2) is 29.6 Å². The van der Waals surface area contributed by atoms with Crippen LogP contribution in [0.15, 0.2) is 49.6 Å². The summed E-state index contributed by atoms with van der Waals surface area (Å²) in [5.41, 5.74) is 2.67. The zero-order valence-corrected chi connectivity index (χ0v) is 20.5. The highest BCUT2D eigenvalue weighted by Crippen LogP contribution is 2.65. The van der Waals surface area contributed by atoms with Crippen molar-refractivity contribution in [2.45, 2.75) is 86.1 Å². The molecule has 0 amide bonds. The number of aromatic nitrogens is 2. The fourth-order valence-electron chi connectivity index (χ4n) is 8.62.